The molecule has 18 heteroatoms. The number of aliphatic hydroxyl groups is 5. The summed E-state index contributed by atoms with van der Waals surface area (Å²) in [5, 5.41) is 52.9. The lowest BCUT2D eigenvalue weighted by atomic mass is 9.91. The fraction of sp³-hybridized carbons (Fsp3) is 0.893. The van der Waals surface area contributed by atoms with Crippen LogP contribution in [0.1, 0.15) is 6.92 Å². The Bertz CT molecular complexity index is 1110. The standard InChI is InChI=1S/C28H46N8O10/c1-18(39)43-25-23(41)21(5-38)46-26(24(25)42)45-19(2-29-27-6-31-12-32(7-27)14-33(8-27)13-31)20(4-37)44-22(40)3-30-28-9-34-15-35(10-28)17-36(11-28)16-34/h2-3,19-26,37-38,40-42H,4-17H2,1H3/t19-,20+,21-,22-,23-,24+,25+,26-/m0/s1. The first-order valence-electron chi connectivity index (χ1n) is 15.9. The SMILES string of the molecule is CC(=O)O[C@@H]1[C@@H](O)[C@H](CO)O[C@H](O[C@@H](C=NC23CN4CN(CN(C4)C2)C3)[C@@H](CO)O[C@H](O)C=NC23CN4CN(CN(C4)C2)C3)[C@@H]1O. The summed E-state index contributed by atoms with van der Waals surface area (Å²) in [6, 6.07) is 0. The second-order valence-electron chi connectivity index (χ2n) is 14.0. The summed E-state index contributed by atoms with van der Waals surface area (Å²) in [6.07, 6.45) is -8.36. The first-order valence-corrected chi connectivity index (χ1v) is 15.9. The number of hydrogen-bond acceptors (Lipinski definition) is 18. The molecule has 8 bridgehead atoms. The molecular weight excluding hydrogens is 608 g/mol. The molecule has 0 unspecified atom stereocenters. The Hall–Kier alpha value is -1.75. The molecule has 0 aromatic rings. The summed E-state index contributed by atoms with van der Waals surface area (Å²) in [6.45, 7) is 9.68. The Morgan fingerprint density at radius 2 is 1.33 bits per heavy atom. The number of aliphatic hydroxyl groups excluding tert-OH is 5. The van der Waals surface area contributed by atoms with Gasteiger partial charge in [-0.25, -0.2) is 0 Å². The van der Waals surface area contributed by atoms with Gasteiger partial charge in [-0.1, -0.05) is 0 Å². The van der Waals surface area contributed by atoms with Gasteiger partial charge in [-0.2, -0.15) is 0 Å². The fourth-order valence-electron chi connectivity index (χ4n) is 8.37. The van der Waals surface area contributed by atoms with Crippen molar-refractivity contribution in [2.45, 2.75) is 67.2 Å². The highest BCUT2D eigenvalue weighted by atomic mass is 16.7. The van der Waals surface area contributed by atoms with Crippen LogP contribution in [0.25, 0.3) is 0 Å². The minimum absolute atomic E-state index is 0.393. The Morgan fingerprint density at radius 3 is 1.76 bits per heavy atom. The maximum Gasteiger partial charge on any atom is 0.303 e. The first-order chi connectivity index (χ1) is 22.0. The molecule has 0 saturated carbocycles. The molecule has 8 atom stereocenters. The van der Waals surface area contributed by atoms with Gasteiger partial charge in [0.25, 0.3) is 0 Å². The second kappa shape index (κ2) is 12.9. The van der Waals surface area contributed by atoms with Gasteiger partial charge in [-0.15, -0.1) is 0 Å². The Balaban J connectivity index is 1.10. The summed E-state index contributed by atoms with van der Waals surface area (Å²) in [7, 11) is 0. The Labute approximate surface area is 266 Å². The normalized spacial score (nSPS) is 47.9. The largest absolute Gasteiger partial charge is 0.457 e. The Morgan fingerprint density at radius 1 is 0.848 bits per heavy atom. The molecule has 9 aliphatic rings. The summed E-state index contributed by atoms with van der Waals surface area (Å²) in [5.74, 6) is -0.747. The highest BCUT2D eigenvalue weighted by Gasteiger charge is 2.51. The number of hydrogen-bond donors (Lipinski definition) is 5. The van der Waals surface area contributed by atoms with E-state index in [0.29, 0.717) is 0 Å². The number of carbonyl (C=O) groups excluding carboxylic acids is 1. The lowest BCUT2D eigenvalue weighted by Crippen LogP contribution is -2.75. The van der Waals surface area contributed by atoms with Crippen molar-refractivity contribution in [3.63, 3.8) is 0 Å². The maximum absolute atomic E-state index is 11.8. The quantitative estimate of drug-likeness (QED) is 0.0759. The molecule has 258 valence electrons. The zero-order chi connectivity index (χ0) is 32.2. The van der Waals surface area contributed by atoms with Gasteiger partial charge in [-0.3, -0.25) is 44.2 Å². The third-order valence-corrected chi connectivity index (χ3v) is 9.75. The molecule has 9 rings (SSSR count). The van der Waals surface area contributed by atoms with E-state index in [1.807, 2.05) is 0 Å². The highest BCUT2D eigenvalue weighted by molar-refractivity contribution is 5.66. The van der Waals surface area contributed by atoms with Crippen LogP contribution in [0.5, 0.6) is 0 Å². The second-order valence-corrected chi connectivity index (χ2v) is 14.0. The fourth-order valence-corrected chi connectivity index (χ4v) is 8.37. The van der Waals surface area contributed by atoms with Gasteiger partial charge in [0.2, 0.25) is 0 Å². The van der Waals surface area contributed by atoms with E-state index >= 15 is 0 Å². The van der Waals surface area contributed by atoms with Crippen LogP contribution in [0.4, 0.5) is 0 Å². The maximum atomic E-state index is 11.8. The summed E-state index contributed by atoms with van der Waals surface area (Å²) < 4.78 is 22.9. The van der Waals surface area contributed by atoms with Crippen molar-refractivity contribution < 1.29 is 49.3 Å². The van der Waals surface area contributed by atoms with Crippen LogP contribution in [0, 0.1) is 0 Å². The molecule has 0 aromatic carbocycles. The molecule has 9 aliphatic heterocycles. The predicted molar refractivity (Wildman–Crippen MR) is 158 cm³/mol. The average Bonchev–Trinajstić information content (AvgIpc) is 2.99. The van der Waals surface area contributed by atoms with Gasteiger partial charge in [0.1, 0.15) is 30.5 Å². The summed E-state index contributed by atoms with van der Waals surface area (Å²) >= 11 is 0. The number of aliphatic imine (C=N–C) groups is 2. The van der Waals surface area contributed by atoms with Crippen LogP contribution in [0.2, 0.25) is 0 Å². The van der Waals surface area contributed by atoms with Crippen molar-refractivity contribution in [2.24, 2.45) is 9.98 Å². The lowest BCUT2D eigenvalue weighted by molar-refractivity contribution is -0.315. The number of nitrogens with zero attached hydrogens (tertiary/aromatic N) is 8. The van der Waals surface area contributed by atoms with Crippen molar-refractivity contribution in [3.8, 4) is 0 Å². The molecule has 0 amide bonds. The van der Waals surface area contributed by atoms with Crippen LogP contribution < -0.4 is 0 Å². The van der Waals surface area contributed by atoms with Crippen molar-refractivity contribution in [1.82, 2.24) is 29.4 Å². The van der Waals surface area contributed by atoms with Crippen LogP contribution in [-0.2, 0) is 23.7 Å². The average molecular weight is 655 g/mol. The molecule has 0 aromatic heterocycles. The minimum atomic E-state index is -1.65. The zero-order valence-corrected chi connectivity index (χ0v) is 26.0. The minimum Gasteiger partial charge on any atom is -0.457 e. The van der Waals surface area contributed by atoms with E-state index in [9.17, 15) is 30.3 Å². The van der Waals surface area contributed by atoms with Crippen molar-refractivity contribution in [1.29, 1.82) is 0 Å². The van der Waals surface area contributed by atoms with E-state index in [-0.39, 0.29) is 0 Å². The van der Waals surface area contributed by atoms with Crippen LogP contribution >= 0.6 is 0 Å². The third kappa shape index (κ3) is 6.61. The van der Waals surface area contributed by atoms with Crippen LogP contribution in [0.15, 0.2) is 9.98 Å². The van der Waals surface area contributed by atoms with Crippen LogP contribution in [-0.4, -0.2) is 226 Å². The molecular formula is C28H46N8O10. The number of esters is 1. The van der Waals surface area contributed by atoms with E-state index in [2.05, 4.69) is 29.4 Å². The van der Waals surface area contributed by atoms with Gasteiger partial charge >= 0.3 is 5.97 Å². The first kappa shape index (κ1) is 32.8. The van der Waals surface area contributed by atoms with Crippen molar-refractivity contribution in [2.75, 3.05) is 92.5 Å². The Kier molecular flexibility index (Phi) is 9.22. The van der Waals surface area contributed by atoms with Crippen molar-refractivity contribution >= 4 is 18.4 Å². The van der Waals surface area contributed by atoms with Gasteiger partial charge in [0.15, 0.2) is 18.7 Å². The van der Waals surface area contributed by atoms with E-state index in [0.717, 1.165) is 86.2 Å². The smallest absolute Gasteiger partial charge is 0.303 e. The van der Waals surface area contributed by atoms with E-state index in [1.165, 1.54) is 12.4 Å². The molecule has 9 saturated heterocycles. The predicted octanol–water partition coefficient (Wildman–Crippen LogP) is -5.30. The number of carbonyl (C=O) groups is 1. The van der Waals surface area contributed by atoms with E-state index in [1.54, 1.807) is 0 Å². The molecule has 0 radical (unpaired) electrons. The van der Waals surface area contributed by atoms with E-state index < -0.39 is 79.5 Å². The monoisotopic (exact) mass is 654 g/mol. The molecule has 46 heavy (non-hydrogen) atoms. The number of ether oxygens (including phenoxy) is 4. The zero-order valence-electron chi connectivity index (χ0n) is 26.0. The number of rotatable bonds is 12. The lowest BCUT2D eigenvalue weighted by Gasteiger charge is -2.59. The molecule has 0 spiro atoms. The van der Waals surface area contributed by atoms with Gasteiger partial charge < -0.3 is 44.5 Å². The van der Waals surface area contributed by atoms with Gasteiger partial charge in [0, 0.05) is 52.4 Å². The highest BCUT2D eigenvalue weighted by Crippen LogP contribution is 2.33. The van der Waals surface area contributed by atoms with Gasteiger partial charge in [-0.05, 0) is 0 Å². The molecule has 9 heterocycles. The summed E-state index contributed by atoms with van der Waals surface area (Å²) in [5.41, 5.74) is -0.860. The molecule has 0 aliphatic carbocycles. The topological polar surface area (TPSA) is 199 Å². The third-order valence-electron chi connectivity index (χ3n) is 9.75. The van der Waals surface area contributed by atoms with E-state index in [4.69, 9.17) is 28.9 Å². The van der Waals surface area contributed by atoms with Crippen LogP contribution in [0.3, 0.4) is 0 Å². The molecule has 9 fully saturated rings. The summed E-state index contributed by atoms with van der Waals surface area (Å²) in [4.78, 5) is 35.3. The molecule has 18 nitrogen and oxygen atoms in total. The van der Waals surface area contributed by atoms with Crippen molar-refractivity contribution in [3.05, 3.63) is 0 Å². The molecule has 5 N–H and O–H groups in total. The van der Waals surface area contributed by atoms with Gasteiger partial charge in [0.05, 0.1) is 70.5 Å².